The van der Waals surface area contributed by atoms with Gasteiger partial charge in [-0.15, -0.1) is 11.3 Å². The number of amides is 1. The number of aromatic nitrogens is 1. The first-order valence-electron chi connectivity index (χ1n) is 6.84. The molecule has 0 aliphatic rings. The second-order valence-corrected chi connectivity index (χ2v) is 6.68. The topological polar surface area (TPSA) is 73.6 Å². The summed E-state index contributed by atoms with van der Waals surface area (Å²) in [6.07, 6.45) is 1.58. The van der Waals surface area contributed by atoms with Crippen LogP contribution in [0.5, 0.6) is 11.5 Å². The lowest BCUT2D eigenvalue weighted by Crippen LogP contribution is -2.13. The Labute approximate surface area is 155 Å². The molecule has 0 atom stereocenters. The van der Waals surface area contributed by atoms with Crippen molar-refractivity contribution in [1.82, 2.24) is 4.98 Å². The zero-order chi connectivity index (χ0) is 17.1. The molecule has 8 heteroatoms. The van der Waals surface area contributed by atoms with Crippen LogP contribution in [0.3, 0.4) is 0 Å². The highest BCUT2D eigenvalue weighted by Crippen LogP contribution is 2.32. The van der Waals surface area contributed by atoms with Gasteiger partial charge in [-0.2, -0.15) is 0 Å². The standard InChI is InChI=1S/C16H13IN2O4S/c1-21-13-6-9(10(17)7-14(13)22-2)15(20)19-16-18-11(8-24-16)12-4-3-5-23-12/h3-8H,1-2H3,(H,18,19,20). The van der Waals surface area contributed by atoms with Crippen LogP contribution in [0.15, 0.2) is 40.3 Å². The molecule has 124 valence electrons. The normalized spacial score (nSPS) is 10.5. The molecule has 0 bridgehead atoms. The number of rotatable bonds is 5. The third kappa shape index (κ3) is 3.39. The number of hydrogen-bond donors (Lipinski definition) is 1. The maximum atomic E-state index is 12.5. The molecule has 2 heterocycles. The summed E-state index contributed by atoms with van der Waals surface area (Å²) in [4.78, 5) is 16.9. The lowest BCUT2D eigenvalue weighted by Gasteiger charge is -2.11. The minimum atomic E-state index is -0.263. The van der Waals surface area contributed by atoms with E-state index in [0.29, 0.717) is 33.6 Å². The van der Waals surface area contributed by atoms with E-state index in [2.05, 4.69) is 32.9 Å². The van der Waals surface area contributed by atoms with E-state index in [-0.39, 0.29) is 5.91 Å². The molecule has 2 aromatic heterocycles. The van der Waals surface area contributed by atoms with Gasteiger partial charge in [-0.25, -0.2) is 4.98 Å². The summed E-state index contributed by atoms with van der Waals surface area (Å²) in [5.74, 6) is 1.47. The SMILES string of the molecule is COc1cc(I)c(C(=O)Nc2nc(-c3ccco3)cs2)cc1OC. The van der Waals surface area contributed by atoms with Gasteiger partial charge in [0.05, 0.1) is 26.0 Å². The smallest absolute Gasteiger partial charge is 0.258 e. The summed E-state index contributed by atoms with van der Waals surface area (Å²) < 4.78 is 16.5. The summed E-state index contributed by atoms with van der Waals surface area (Å²) >= 11 is 3.42. The summed E-state index contributed by atoms with van der Waals surface area (Å²) in [6.45, 7) is 0. The average Bonchev–Trinajstić information content (AvgIpc) is 3.25. The van der Waals surface area contributed by atoms with Crippen molar-refractivity contribution in [1.29, 1.82) is 0 Å². The van der Waals surface area contributed by atoms with Gasteiger partial charge >= 0.3 is 0 Å². The Morgan fingerprint density at radius 3 is 2.71 bits per heavy atom. The third-order valence-electron chi connectivity index (χ3n) is 3.22. The molecular formula is C16H13IN2O4S. The molecule has 6 nitrogen and oxygen atoms in total. The number of carbonyl (C=O) groups is 1. The van der Waals surface area contributed by atoms with Crippen molar-refractivity contribution in [2.45, 2.75) is 0 Å². The lowest BCUT2D eigenvalue weighted by molar-refractivity contribution is 0.102. The molecule has 0 unspecified atom stereocenters. The monoisotopic (exact) mass is 456 g/mol. The van der Waals surface area contributed by atoms with Gasteiger partial charge < -0.3 is 13.9 Å². The largest absolute Gasteiger partial charge is 0.493 e. The number of nitrogens with zero attached hydrogens (tertiary/aromatic N) is 1. The second kappa shape index (κ2) is 7.22. The van der Waals surface area contributed by atoms with Crippen LogP contribution in [0.1, 0.15) is 10.4 Å². The number of benzene rings is 1. The fourth-order valence-corrected chi connectivity index (χ4v) is 3.44. The Morgan fingerprint density at radius 1 is 1.29 bits per heavy atom. The molecule has 0 radical (unpaired) electrons. The maximum Gasteiger partial charge on any atom is 0.258 e. The Hall–Kier alpha value is -2.07. The average molecular weight is 456 g/mol. The van der Waals surface area contributed by atoms with Crippen LogP contribution in [-0.4, -0.2) is 25.1 Å². The highest BCUT2D eigenvalue weighted by Gasteiger charge is 2.17. The van der Waals surface area contributed by atoms with Gasteiger partial charge in [0, 0.05) is 8.95 Å². The number of carbonyl (C=O) groups excluding carboxylic acids is 1. The lowest BCUT2D eigenvalue weighted by atomic mass is 10.2. The van der Waals surface area contributed by atoms with Gasteiger partial charge in [0.15, 0.2) is 22.4 Å². The van der Waals surface area contributed by atoms with E-state index >= 15 is 0 Å². The molecule has 3 aromatic rings. The van der Waals surface area contributed by atoms with E-state index in [0.717, 1.165) is 3.57 Å². The van der Waals surface area contributed by atoms with Crippen LogP contribution >= 0.6 is 33.9 Å². The van der Waals surface area contributed by atoms with Crippen LogP contribution in [-0.2, 0) is 0 Å². The first-order chi connectivity index (χ1) is 11.6. The first kappa shape index (κ1) is 16.8. The predicted molar refractivity (Wildman–Crippen MR) is 100 cm³/mol. The van der Waals surface area contributed by atoms with E-state index in [1.165, 1.54) is 18.4 Å². The van der Waals surface area contributed by atoms with Crippen molar-refractivity contribution in [3.8, 4) is 23.0 Å². The van der Waals surface area contributed by atoms with Gasteiger partial charge in [-0.05, 0) is 46.9 Å². The highest BCUT2D eigenvalue weighted by atomic mass is 127. The number of furan rings is 1. The summed E-state index contributed by atoms with van der Waals surface area (Å²) in [5.41, 5.74) is 1.17. The van der Waals surface area contributed by atoms with Crippen LogP contribution in [0.4, 0.5) is 5.13 Å². The van der Waals surface area contributed by atoms with Crippen molar-refractivity contribution < 1.29 is 18.7 Å². The van der Waals surface area contributed by atoms with Crippen molar-refractivity contribution >= 4 is 45.0 Å². The summed E-state index contributed by atoms with van der Waals surface area (Å²) in [5, 5.41) is 5.12. The van der Waals surface area contributed by atoms with Gasteiger partial charge in [0.25, 0.3) is 5.91 Å². The number of ether oxygens (including phenoxy) is 2. The van der Waals surface area contributed by atoms with Crippen LogP contribution in [0.25, 0.3) is 11.5 Å². The summed E-state index contributed by atoms with van der Waals surface area (Å²) in [7, 11) is 3.09. The molecule has 1 N–H and O–H groups in total. The molecule has 0 fully saturated rings. The molecule has 3 rings (SSSR count). The fraction of sp³-hybridized carbons (Fsp3) is 0.125. The van der Waals surface area contributed by atoms with E-state index in [1.807, 2.05) is 11.4 Å². The molecule has 0 spiro atoms. The Balaban J connectivity index is 1.83. The second-order valence-electron chi connectivity index (χ2n) is 4.66. The highest BCUT2D eigenvalue weighted by molar-refractivity contribution is 14.1. The van der Waals surface area contributed by atoms with E-state index in [9.17, 15) is 4.79 Å². The number of hydrogen-bond acceptors (Lipinski definition) is 6. The molecular weight excluding hydrogens is 443 g/mol. The number of anilines is 1. The van der Waals surface area contributed by atoms with E-state index < -0.39 is 0 Å². The van der Waals surface area contributed by atoms with Gasteiger partial charge in [-0.1, -0.05) is 0 Å². The van der Waals surface area contributed by atoms with E-state index in [1.54, 1.807) is 31.6 Å². The molecule has 1 amide bonds. The Bertz CT molecular complexity index is 861. The number of methoxy groups -OCH3 is 2. The van der Waals surface area contributed by atoms with Crippen molar-refractivity contribution in [3.63, 3.8) is 0 Å². The van der Waals surface area contributed by atoms with Gasteiger partial charge in [0.2, 0.25) is 0 Å². The van der Waals surface area contributed by atoms with Gasteiger partial charge in [-0.3, -0.25) is 10.1 Å². The van der Waals surface area contributed by atoms with Crippen molar-refractivity contribution in [3.05, 3.63) is 45.0 Å². The maximum absolute atomic E-state index is 12.5. The van der Waals surface area contributed by atoms with E-state index in [4.69, 9.17) is 13.9 Å². The first-order valence-corrected chi connectivity index (χ1v) is 8.80. The zero-order valence-electron chi connectivity index (χ0n) is 12.8. The molecule has 24 heavy (non-hydrogen) atoms. The fourth-order valence-electron chi connectivity index (χ4n) is 2.06. The van der Waals surface area contributed by atoms with Gasteiger partial charge in [0.1, 0.15) is 5.69 Å². The van der Waals surface area contributed by atoms with Crippen LogP contribution in [0.2, 0.25) is 0 Å². The van der Waals surface area contributed by atoms with Crippen LogP contribution < -0.4 is 14.8 Å². The number of nitrogens with one attached hydrogen (secondary N) is 1. The Morgan fingerprint density at radius 2 is 2.04 bits per heavy atom. The third-order valence-corrected chi connectivity index (χ3v) is 4.87. The number of halogens is 1. The summed E-state index contributed by atoms with van der Waals surface area (Å²) in [6, 6.07) is 7.01. The van der Waals surface area contributed by atoms with Crippen LogP contribution in [0, 0.1) is 3.57 Å². The minimum Gasteiger partial charge on any atom is -0.493 e. The van der Waals surface area contributed by atoms with Crippen molar-refractivity contribution in [2.24, 2.45) is 0 Å². The molecule has 0 aliphatic heterocycles. The molecule has 1 aromatic carbocycles. The van der Waals surface area contributed by atoms with Crippen molar-refractivity contribution in [2.75, 3.05) is 19.5 Å². The molecule has 0 aliphatic carbocycles. The predicted octanol–water partition coefficient (Wildman–Crippen LogP) is 4.28. The minimum absolute atomic E-state index is 0.263. The molecule has 0 saturated carbocycles. The number of thiazole rings is 1. The zero-order valence-corrected chi connectivity index (χ0v) is 15.8. The quantitative estimate of drug-likeness (QED) is 0.581. The Kier molecular flexibility index (Phi) is 5.05. The molecule has 0 saturated heterocycles.